The molecule has 1 aromatic carbocycles. The standard InChI is InChI=1S/C21H32FN3O3/c1-3-28-14-4-11-23-21(27)18-9-12-25(13-10-18)15-20(26)24-16(2)17-5-7-19(22)8-6-17/h5-8,16,18H,3-4,9-15H2,1-2H3,(H,23,27)(H,24,26). The Morgan fingerprint density at radius 3 is 2.57 bits per heavy atom. The lowest BCUT2D eigenvalue weighted by Gasteiger charge is -2.31. The zero-order valence-electron chi connectivity index (χ0n) is 16.9. The molecule has 1 saturated heterocycles. The van der Waals surface area contributed by atoms with Gasteiger partial charge in [0.15, 0.2) is 0 Å². The van der Waals surface area contributed by atoms with Gasteiger partial charge in [-0.1, -0.05) is 12.1 Å². The van der Waals surface area contributed by atoms with Gasteiger partial charge in [0.05, 0.1) is 12.6 Å². The number of hydrogen-bond donors (Lipinski definition) is 2. The average molecular weight is 394 g/mol. The number of carbonyl (C=O) groups is 2. The number of likely N-dealkylation sites (tertiary alicyclic amines) is 1. The minimum Gasteiger partial charge on any atom is -0.382 e. The number of rotatable bonds is 10. The van der Waals surface area contributed by atoms with Crippen LogP contribution in [0.1, 0.15) is 44.7 Å². The predicted octanol–water partition coefficient (Wildman–Crippen LogP) is 2.26. The van der Waals surface area contributed by atoms with Crippen LogP contribution in [0, 0.1) is 11.7 Å². The van der Waals surface area contributed by atoms with Crippen LogP contribution in [0.5, 0.6) is 0 Å². The monoisotopic (exact) mass is 393 g/mol. The molecule has 0 aromatic heterocycles. The maximum atomic E-state index is 13.0. The van der Waals surface area contributed by atoms with Crippen LogP contribution in [-0.4, -0.2) is 56.1 Å². The largest absolute Gasteiger partial charge is 0.382 e. The molecular weight excluding hydrogens is 361 g/mol. The Hall–Kier alpha value is -1.99. The lowest BCUT2D eigenvalue weighted by atomic mass is 9.96. The maximum Gasteiger partial charge on any atom is 0.234 e. The summed E-state index contributed by atoms with van der Waals surface area (Å²) in [5.74, 6) is -0.228. The fourth-order valence-electron chi connectivity index (χ4n) is 3.35. The minimum absolute atomic E-state index is 0.0181. The number of amides is 2. The zero-order valence-corrected chi connectivity index (χ0v) is 16.9. The summed E-state index contributed by atoms with van der Waals surface area (Å²) < 4.78 is 18.3. The molecule has 0 bridgehead atoms. The molecule has 7 heteroatoms. The Labute approximate surface area is 166 Å². The Morgan fingerprint density at radius 2 is 1.93 bits per heavy atom. The van der Waals surface area contributed by atoms with Gasteiger partial charge in [0, 0.05) is 25.7 Å². The summed E-state index contributed by atoms with van der Waals surface area (Å²) in [6.07, 6.45) is 2.35. The van der Waals surface area contributed by atoms with Crippen LogP contribution in [0.3, 0.4) is 0 Å². The van der Waals surface area contributed by atoms with E-state index in [9.17, 15) is 14.0 Å². The third-order valence-corrected chi connectivity index (χ3v) is 5.04. The summed E-state index contributed by atoms with van der Waals surface area (Å²) in [7, 11) is 0. The van der Waals surface area contributed by atoms with Crippen molar-refractivity contribution >= 4 is 11.8 Å². The van der Waals surface area contributed by atoms with Gasteiger partial charge in [0.25, 0.3) is 0 Å². The van der Waals surface area contributed by atoms with Crippen LogP contribution in [-0.2, 0) is 14.3 Å². The summed E-state index contributed by atoms with van der Waals surface area (Å²) >= 11 is 0. The number of ether oxygens (including phenoxy) is 1. The second-order valence-electron chi connectivity index (χ2n) is 7.23. The molecule has 0 saturated carbocycles. The zero-order chi connectivity index (χ0) is 20.4. The van der Waals surface area contributed by atoms with Crippen molar-refractivity contribution in [3.05, 3.63) is 35.6 Å². The Bertz CT molecular complexity index is 616. The van der Waals surface area contributed by atoms with E-state index in [-0.39, 0.29) is 29.6 Å². The number of piperidine rings is 1. The van der Waals surface area contributed by atoms with Crippen molar-refractivity contribution in [1.29, 1.82) is 0 Å². The highest BCUT2D eigenvalue weighted by Crippen LogP contribution is 2.17. The van der Waals surface area contributed by atoms with Gasteiger partial charge < -0.3 is 15.4 Å². The van der Waals surface area contributed by atoms with Crippen molar-refractivity contribution < 1.29 is 18.7 Å². The van der Waals surface area contributed by atoms with E-state index in [4.69, 9.17) is 4.74 Å². The molecule has 1 atom stereocenters. The first-order chi connectivity index (χ1) is 13.5. The molecular formula is C21H32FN3O3. The van der Waals surface area contributed by atoms with Gasteiger partial charge in [-0.15, -0.1) is 0 Å². The number of nitrogens with zero attached hydrogens (tertiary/aromatic N) is 1. The summed E-state index contributed by atoms with van der Waals surface area (Å²) in [5, 5.41) is 5.92. The molecule has 1 aliphatic heterocycles. The highest BCUT2D eigenvalue weighted by Gasteiger charge is 2.25. The molecule has 1 heterocycles. The quantitative estimate of drug-likeness (QED) is 0.598. The number of halogens is 1. The summed E-state index contributed by atoms with van der Waals surface area (Å²) in [6, 6.07) is 5.97. The Balaban J connectivity index is 1.65. The van der Waals surface area contributed by atoms with E-state index in [0.29, 0.717) is 26.3 Å². The number of carbonyl (C=O) groups excluding carboxylic acids is 2. The van der Waals surface area contributed by atoms with Crippen molar-refractivity contribution in [1.82, 2.24) is 15.5 Å². The van der Waals surface area contributed by atoms with E-state index < -0.39 is 0 Å². The first-order valence-corrected chi connectivity index (χ1v) is 10.1. The molecule has 1 fully saturated rings. The molecule has 6 nitrogen and oxygen atoms in total. The molecule has 156 valence electrons. The number of hydrogen-bond acceptors (Lipinski definition) is 4. The lowest BCUT2D eigenvalue weighted by molar-refractivity contribution is -0.127. The summed E-state index contributed by atoms with van der Waals surface area (Å²) in [6.45, 7) is 7.62. The highest BCUT2D eigenvalue weighted by atomic mass is 19.1. The van der Waals surface area contributed by atoms with E-state index in [1.54, 1.807) is 12.1 Å². The Morgan fingerprint density at radius 1 is 1.25 bits per heavy atom. The summed E-state index contributed by atoms with van der Waals surface area (Å²) in [5.41, 5.74) is 0.870. The number of benzene rings is 1. The van der Waals surface area contributed by atoms with E-state index >= 15 is 0 Å². The molecule has 0 spiro atoms. The first-order valence-electron chi connectivity index (χ1n) is 10.1. The van der Waals surface area contributed by atoms with Crippen molar-refractivity contribution in [3.63, 3.8) is 0 Å². The SMILES string of the molecule is CCOCCCNC(=O)C1CCN(CC(=O)NC(C)c2ccc(F)cc2)CC1. The van der Waals surface area contributed by atoms with Gasteiger partial charge in [-0.25, -0.2) is 4.39 Å². The third kappa shape index (κ3) is 7.56. The normalized spacial score (nSPS) is 16.5. The van der Waals surface area contributed by atoms with Crippen LogP contribution >= 0.6 is 0 Å². The van der Waals surface area contributed by atoms with E-state index in [1.165, 1.54) is 12.1 Å². The molecule has 1 unspecified atom stereocenters. The van der Waals surface area contributed by atoms with E-state index in [0.717, 1.165) is 37.9 Å². The van der Waals surface area contributed by atoms with E-state index in [2.05, 4.69) is 15.5 Å². The maximum absolute atomic E-state index is 13.0. The molecule has 28 heavy (non-hydrogen) atoms. The average Bonchev–Trinajstić information content (AvgIpc) is 2.68. The molecule has 1 aromatic rings. The number of nitrogens with one attached hydrogen (secondary N) is 2. The van der Waals surface area contributed by atoms with Gasteiger partial charge in [-0.3, -0.25) is 14.5 Å². The van der Waals surface area contributed by atoms with E-state index in [1.807, 2.05) is 13.8 Å². The van der Waals surface area contributed by atoms with Crippen LogP contribution in [0.25, 0.3) is 0 Å². The van der Waals surface area contributed by atoms with Crippen molar-refractivity contribution in [2.24, 2.45) is 5.92 Å². The van der Waals surface area contributed by atoms with Crippen LogP contribution in [0.2, 0.25) is 0 Å². The van der Waals surface area contributed by atoms with Gasteiger partial charge in [0.2, 0.25) is 11.8 Å². The second-order valence-corrected chi connectivity index (χ2v) is 7.23. The van der Waals surface area contributed by atoms with Crippen LogP contribution in [0.15, 0.2) is 24.3 Å². The Kier molecular flexibility index (Phi) is 9.37. The third-order valence-electron chi connectivity index (χ3n) is 5.04. The van der Waals surface area contributed by atoms with Crippen molar-refractivity contribution in [2.75, 3.05) is 39.4 Å². The molecule has 1 aliphatic rings. The molecule has 2 N–H and O–H groups in total. The van der Waals surface area contributed by atoms with Gasteiger partial charge in [-0.05, 0) is 63.9 Å². The lowest BCUT2D eigenvalue weighted by Crippen LogP contribution is -2.45. The molecule has 2 rings (SSSR count). The fraction of sp³-hybridized carbons (Fsp3) is 0.619. The molecule has 0 radical (unpaired) electrons. The first kappa shape index (κ1) is 22.3. The fourth-order valence-corrected chi connectivity index (χ4v) is 3.35. The minimum atomic E-state index is -0.288. The summed E-state index contributed by atoms with van der Waals surface area (Å²) in [4.78, 5) is 26.6. The topological polar surface area (TPSA) is 70.7 Å². The smallest absolute Gasteiger partial charge is 0.234 e. The predicted molar refractivity (Wildman–Crippen MR) is 106 cm³/mol. The van der Waals surface area contributed by atoms with Crippen LogP contribution < -0.4 is 10.6 Å². The van der Waals surface area contributed by atoms with Crippen molar-refractivity contribution in [3.8, 4) is 0 Å². The second kappa shape index (κ2) is 11.8. The van der Waals surface area contributed by atoms with Gasteiger partial charge in [0.1, 0.15) is 5.82 Å². The highest BCUT2D eigenvalue weighted by molar-refractivity contribution is 5.79. The van der Waals surface area contributed by atoms with Crippen molar-refractivity contribution in [2.45, 2.75) is 39.2 Å². The molecule has 2 amide bonds. The molecule has 0 aliphatic carbocycles. The van der Waals surface area contributed by atoms with Gasteiger partial charge >= 0.3 is 0 Å². The van der Waals surface area contributed by atoms with Crippen LogP contribution in [0.4, 0.5) is 4.39 Å². The van der Waals surface area contributed by atoms with Gasteiger partial charge in [-0.2, -0.15) is 0 Å².